The molecule has 1 saturated heterocycles. The Morgan fingerprint density at radius 1 is 1.39 bits per heavy atom. The number of ether oxygens (including phenoxy) is 1. The second-order valence-corrected chi connectivity index (χ2v) is 7.92. The van der Waals surface area contributed by atoms with Crippen LogP contribution in [-0.2, 0) is 16.0 Å². The molecule has 1 aromatic carbocycles. The van der Waals surface area contributed by atoms with Gasteiger partial charge in [-0.1, -0.05) is 32.0 Å². The highest BCUT2D eigenvalue weighted by Gasteiger charge is 2.63. The molecule has 23 heavy (non-hydrogen) atoms. The molecule has 0 spiro atoms. The predicted molar refractivity (Wildman–Crippen MR) is 89.2 cm³/mol. The highest BCUT2D eigenvalue weighted by molar-refractivity contribution is 5.77. The zero-order valence-corrected chi connectivity index (χ0v) is 14.3. The molecule has 3 rings (SSSR count). The molecule has 0 radical (unpaired) electrons. The number of para-hydroxylation sites is 1. The van der Waals surface area contributed by atoms with Crippen molar-refractivity contribution >= 4 is 5.91 Å². The lowest BCUT2D eigenvalue weighted by molar-refractivity contribution is -0.130. The molecule has 1 saturated carbocycles. The largest absolute Gasteiger partial charge is 0.508 e. The molecule has 4 heteroatoms. The highest BCUT2D eigenvalue weighted by atomic mass is 16.5. The van der Waals surface area contributed by atoms with Gasteiger partial charge < -0.3 is 14.7 Å². The Morgan fingerprint density at radius 2 is 2.13 bits per heavy atom. The number of likely N-dealkylation sites (tertiary alicyclic amines) is 1. The number of fused-ring (bicyclic) bond motifs is 1. The fraction of sp³-hybridized carbons (Fsp3) is 0.632. The molecule has 2 aliphatic rings. The fourth-order valence-corrected chi connectivity index (χ4v) is 4.92. The number of hydrogen-bond donors (Lipinski definition) is 1. The number of nitrogens with zero attached hydrogens (tertiary/aromatic N) is 1. The van der Waals surface area contributed by atoms with Gasteiger partial charge in [0, 0.05) is 32.0 Å². The SMILES string of the molecule is COC[C@@]12CN(C(=O)CCc3ccccc3O)C[C@@H]1C(C)(C)C2. The summed E-state index contributed by atoms with van der Waals surface area (Å²) in [6.45, 7) is 6.98. The summed E-state index contributed by atoms with van der Waals surface area (Å²) in [5.74, 6) is 0.997. The molecule has 2 fully saturated rings. The Labute approximate surface area is 138 Å². The lowest BCUT2D eigenvalue weighted by Crippen LogP contribution is -2.55. The van der Waals surface area contributed by atoms with Gasteiger partial charge in [-0.15, -0.1) is 0 Å². The minimum Gasteiger partial charge on any atom is -0.508 e. The van der Waals surface area contributed by atoms with Gasteiger partial charge in [0.2, 0.25) is 5.91 Å². The summed E-state index contributed by atoms with van der Waals surface area (Å²) in [7, 11) is 1.75. The third kappa shape index (κ3) is 2.85. The predicted octanol–water partition coefficient (Wildman–Crippen LogP) is 2.85. The van der Waals surface area contributed by atoms with Crippen molar-refractivity contribution in [1.29, 1.82) is 0 Å². The lowest BCUT2D eigenvalue weighted by atomic mass is 9.48. The number of carbonyl (C=O) groups is 1. The van der Waals surface area contributed by atoms with Gasteiger partial charge >= 0.3 is 0 Å². The molecule has 1 N–H and O–H groups in total. The maximum atomic E-state index is 12.6. The summed E-state index contributed by atoms with van der Waals surface area (Å²) in [4.78, 5) is 14.6. The van der Waals surface area contributed by atoms with Crippen molar-refractivity contribution in [2.45, 2.75) is 33.1 Å². The van der Waals surface area contributed by atoms with Crippen LogP contribution in [-0.4, -0.2) is 42.7 Å². The first-order chi connectivity index (χ1) is 10.9. The smallest absolute Gasteiger partial charge is 0.222 e. The van der Waals surface area contributed by atoms with E-state index in [1.807, 2.05) is 17.0 Å². The van der Waals surface area contributed by atoms with Crippen LogP contribution < -0.4 is 0 Å². The highest BCUT2D eigenvalue weighted by Crippen LogP contribution is 2.62. The zero-order valence-electron chi connectivity index (χ0n) is 14.3. The Bertz CT molecular complexity index is 598. The number of carbonyl (C=O) groups excluding carboxylic acids is 1. The van der Waals surface area contributed by atoms with Crippen molar-refractivity contribution in [2.75, 3.05) is 26.8 Å². The number of methoxy groups -OCH3 is 1. The molecule has 2 atom stereocenters. The summed E-state index contributed by atoms with van der Waals surface area (Å²) in [5, 5.41) is 9.82. The summed E-state index contributed by atoms with van der Waals surface area (Å²) in [6, 6.07) is 7.25. The van der Waals surface area contributed by atoms with Gasteiger partial charge in [0.1, 0.15) is 5.75 Å². The van der Waals surface area contributed by atoms with Gasteiger partial charge in [-0.25, -0.2) is 0 Å². The van der Waals surface area contributed by atoms with Crippen LogP contribution in [0.1, 0.15) is 32.3 Å². The molecule has 0 bridgehead atoms. The number of amides is 1. The van der Waals surface area contributed by atoms with Gasteiger partial charge in [-0.3, -0.25) is 4.79 Å². The van der Waals surface area contributed by atoms with E-state index in [9.17, 15) is 9.90 Å². The number of aromatic hydroxyl groups is 1. The van der Waals surface area contributed by atoms with Crippen LogP contribution in [0.5, 0.6) is 5.75 Å². The van der Waals surface area contributed by atoms with E-state index in [-0.39, 0.29) is 17.1 Å². The zero-order chi connectivity index (χ0) is 16.7. The molecular weight excluding hydrogens is 290 g/mol. The normalized spacial score (nSPS) is 28.3. The first-order valence-electron chi connectivity index (χ1n) is 8.41. The maximum Gasteiger partial charge on any atom is 0.222 e. The summed E-state index contributed by atoms with van der Waals surface area (Å²) in [5.41, 5.74) is 1.29. The second kappa shape index (κ2) is 5.82. The Morgan fingerprint density at radius 3 is 2.78 bits per heavy atom. The lowest BCUT2D eigenvalue weighted by Gasteiger charge is -2.56. The van der Waals surface area contributed by atoms with Crippen LogP contribution in [0.4, 0.5) is 0 Å². The van der Waals surface area contributed by atoms with E-state index in [1.165, 1.54) is 0 Å². The standard InChI is InChI=1S/C19H27NO3/c1-18(2)11-19(13-23-3)12-20(10-16(18)19)17(22)9-8-14-6-4-5-7-15(14)21/h4-7,16,21H,8-13H2,1-3H3/t16-,19-/m1/s1. The van der Waals surface area contributed by atoms with Crippen molar-refractivity contribution in [3.8, 4) is 5.75 Å². The van der Waals surface area contributed by atoms with E-state index in [4.69, 9.17) is 4.74 Å². The number of phenolic OH excluding ortho intramolecular Hbond substituents is 1. The molecule has 1 amide bonds. The molecule has 1 aliphatic carbocycles. The quantitative estimate of drug-likeness (QED) is 0.908. The topological polar surface area (TPSA) is 49.8 Å². The van der Waals surface area contributed by atoms with Crippen molar-refractivity contribution in [1.82, 2.24) is 4.90 Å². The first-order valence-corrected chi connectivity index (χ1v) is 8.41. The van der Waals surface area contributed by atoms with Gasteiger partial charge in [0.15, 0.2) is 0 Å². The van der Waals surface area contributed by atoms with Crippen LogP contribution in [0.15, 0.2) is 24.3 Å². The second-order valence-electron chi connectivity index (χ2n) is 7.92. The van der Waals surface area contributed by atoms with Crippen molar-refractivity contribution < 1.29 is 14.6 Å². The summed E-state index contributed by atoms with van der Waals surface area (Å²) < 4.78 is 5.45. The average molecular weight is 317 g/mol. The molecule has 1 aromatic rings. The summed E-state index contributed by atoms with van der Waals surface area (Å²) >= 11 is 0. The summed E-state index contributed by atoms with van der Waals surface area (Å²) in [6.07, 6.45) is 2.17. The number of benzene rings is 1. The van der Waals surface area contributed by atoms with Gasteiger partial charge in [-0.2, -0.15) is 0 Å². The third-order valence-corrected chi connectivity index (χ3v) is 5.78. The molecule has 126 valence electrons. The molecule has 0 unspecified atom stereocenters. The molecular formula is C19H27NO3. The van der Waals surface area contributed by atoms with Crippen LogP contribution in [0.2, 0.25) is 0 Å². The van der Waals surface area contributed by atoms with Crippen LogP contribution in [0, 0.1) is 16.7 Å². The van der Waals surface area contributed by atoms with E-state index in [0.29, 0.717) is 24.2 Å². The molecule has 1 aliphatic heterocycles. The van der Waals surface area contributed by atoms with E-state index < -0.39 is 0 Å². The van der Waals surface area contributed by atoms with Gasteiger partial charge in [0.05, 0.1) is 6.61 Å². The fourth-order valence-electron chi connectivity index (χ4n) is 4.92. The minimum absolute atomic E-state index is 0.156. The number of hydrogen-bond acceptors (Lipinski definition) is 3. The van der Waals surface area contributed by atoms with Crippen molar-refractivity contribution in [2.24, 2.45) is 16.7 Å². The van der Waals surface area contributed by atoms with E-state index >= 15 is 0 Å². The average Bonchev–Trinajstić information content (AvgIpc) is 2.81. The van der Waals surface area contributed by atoms with E-state index in [0.717, 1.165) is 31.7 Å². The monoisotopic (exact) mass is 317 g/mol. The Hall–Kier alpha value is -1.55. The van der Waals surface area contributed by atoms with Crippen LogP contribution in [0.25, 0.3) is 0 Å². The van der Waals surface area contributed by atoms with Crippen molar-refractivity contribution in [3.63, 3.8) is 0 Å². The number of phenols is 1. The molecule has 0 aromatic heterocycles. The Kier molecular flexibility index (Phi) is 4.13. The number of rotatable bonds is 5. The van der Waals surface area contributed by atoms with Crippen LogP contribution >= 0.6 is 0 Å². The van der Waals surface area contributed by atoms with E-state index in [1.54, 1.807) is 19.2 Å². The minimum atomic E-state index is 0.156. The van der Waals surface area contributed by atoms with E-state index in [2.05, 4.69) is 13.8 Å². The van der Waals surface area contributed by atoms with Gasteiger partial charge in [0.25, 0.3) is 0 Å². The Balaban J connectivity index is 1.62. The van der Waals surface area contributed by atoms with Crippen LogP contribution in [0.3, 0.4) is 0 Å². The molecule has 4 nitrogen and oxygen atoms in total. The van der Waals surface area contributed by atoms with Crippen molar-refractivity contribution in [3.05, 3.63) is 29.8 Å². The third-order valence-electron chi connectivity index (χ3n) is 5.78. The van der Waals surface area contributed by atoms with Gasteiger partial charge in [-0.05, 0) is 35.8 Å². The maximum absolute atomic E-state index is 12.6. The number of aryl methyl sites for hydroxylation is 1. The molecule has 1 heterocycles. The first kappa shape index (κ1) is 16.3.